The zero-order valence-electron chi connectivity index (χ0n) is 15.8. The minimum atomic E-state index is 0.121. The summed E-state index contributed by atoms with van der Waals surface area (Å²) in [4.78, 5) is 9.30. The summed E-state index contributed by atoms with van der Waals surface area (Å²) < 4.78 is 0. The fraction of sp³-hybridized carbons (Fsp3) is 0.500. The molecular weight excluding hydrogens is 328 g/mol. The van der Waals surface area contributed by atoms with Crippen LogP contribution in [-0.2, 0) is 12.8 Å². The van der Waals surface area contributed by atoms with Gasteiger partial charge in [0.2, 0.25) is 0 Å². The van der Waals surface area contributed by atoms with Crippen LogP contribution in [0.4, 0.5) is 0 Å². The molecular formula is C20H30N4S. The SMILES string of the molecule is CCNC(=NCC(C)(C)Cc1ccccc1)NCCc1csc(C)n1. The van der Waals surface area contributed by atoms with Gasteiger partial charge in [-0.15, -0.1) is 11.3 Å². The summed E-state index contributed by atoms with van der Waals surface area (Å²) in [7, 11) is 0. The normalized spacial score (nSPS) is 12.2. The number of hydrogen-bond acceptors (Lipinski definition) is 3. The molecule has 2 N–H and O–H groups in total. The molecule has 0 spiro atoms. The molecule has 0 saturated carbocycles. The van der Waals surface area contributed by atoms with E-state index in [1.54, 1.807) is 11.3 Å². The Morgan fingerprint density at radius 3 is 2.60 bits per heavy atom. The number of guanidine groups is 1. The van der Waals surface area contributed by atoms with E-state index in [4.69, 9.17) is 4.99 Å². The second kappa shape index (κ2) is 9.56. The van der Waals surface area contributed by atoms with Crippen LogP contribution in [-0.4, -0.2) is 30.6 Å². The molecule has 0 aliphatic rings. The highest BCUT2D eigenvalue weighted by Gasteiger charge is 2.18. The molecule has 0 atom stereocenters. The molecule has 25 heavy (non-hydrogen) atoms. The number of nitrogens with zero attached hydrogens (tertiary/aromatic N) is 2. The Hall–Kier alpha value is -1.88. The smallest absolute Gasteiger partial charge is 0.191 e. The number of aliphatic imine (C=N–C) groups is 1. The maximum atomic E-state index is 4.79. The molecule has 2 rings (SSSR count). The van der Waals surface area contributed by atoms with E-state index in [0.717, 1.165) is 49.1 Å². The largest absolute Gasteiger partial charge is 0.357 e. The second-order valence-corrected chi connectivity index (χ2v) is 8.12. The minimum Gasteiger partial charge on any atom is -0.357 e. The highest BCUT2D eigenvalue weighted by molar-refractivity contribution is 7.09. The van der Waals surface area contributed by atoms with Crippen LogP contribution >= 0.6 is 11.3 Å². The Morgan fingerprint density at radius 2 is 1.96 bits per heavy atom. The Balaban J connectivity index is 1.86. The van der Waals surface area contributed by atoms with E-state index in [1.807, 2.05) is 6.92 Å². The Morgan fingerprint density at radius 1 is 1.20 bits per heavy atom. The lowest BCUT2D eigenvalue weighted by Gasteiger charge is -2.23. The lowest BCUT2D eigenvalue weighted by molar-refractivity contribution is 0.377. The van der Waals surface area contributed by atoms with Crippen molar-refractivity contribution in [2.75, 3.05) is 19.6 Å². The van der Waals surface area contributed by atoms with Crippen LogP contribution in [0.15, 0.2) is 40.7 Å². The second-order valence-electron chi connectivity index (χ2n) is 7.06. The predicted octanol–water partition coefficient (Wildman–Crippen LogP) is 3.82. The van der Waals surface area contributed by atoms with Crippen LogP contribution in [0.25, 0.3) is 0 Å². The molecule has 5 heteroatoms. The molecule has 1 aromatic heterocycles. The third kappa shape index (κ3) is 7.26. The van der Waals surface area contributed by atoms with Crippen LogP contribution in [0.5, 0.6) is 0 Å². The first kappa shape index (κ1) is 19.4. The number of thiazole rings is 1. The molecule has 0 saturated heterocycles. The van der Waals surface area contributed by atoms with Crippen LogP contribution in [0.3, 0.4) is 0 Å². The highest BCUT2D eigenvalue weighted by atomic mass is 32.1. The van der Waals surface area contributed by atoms with E-state index in [-0.39, 0.29) is 5.41 Å². The van der Waals surface area contributed by atoms with Gasteiger partial charge in [-0.2, -0.15) is 0 Å². The molecule has 2 aromatic rings. The first-order valence-electron chi connectivity index (χ1n) is 8.95. The third-order valence-electron chi connectivity index (χ3n) is 3.88. The van der Waals surface area contributed by atoms with E-state index < -0.39 is 0 Å². The molecule has 0 unspecified atom stereocenters. The third-order valence-corrected chi connectivity index (χ3v) is 4.70. The van der Waals surface area contributed by atoms with Crippen molar-refractivity contribution in [3.8, 4) is 0 Å². The topological polar surface area (TPSA) is 49.3 Å². The van der Waals surface area contributed by atoms with Crippen LogP contribution < -0.4 is 10.6 Å². The summed E-state index contributed by atoms with van der Waals surface area (Å²) in [5.41, 5.74) is 2.63. The zero-order chi connectivity index (χ0) is 18.1. The van der Waals surface area contributed by atoms with Crippen molar-refractivity contribution in [3.63, 3.8) is 0 Å². The van der Waals surface area contributed by atoms with Gasteiger partial charge < -0.3 is 10.6 Å². The number of aryl methyl sites for hydroxylation is 1. The summed E-state index contributed by atoms with van der Waals surface area (Å²) in [6.45, 7) is 11.2. The van der Waals surface area contributed by atoms with Crippen LogP contribution in [0.2, 0.25) is 0 Å². The van der Waals surface area contributed by atoms with Crippen LogP contribution in [0.1, 0.15) is 37.0 Å². The average molecular weight is 359 g/mol. The van der Waals surface area contributed by atoms with Gasteiger partial charge in [0.1, 0.15) is 0 Å². The van der Waals surface area contributed by atoms with Crippen molar-refractivity contribution in [3.05, 3.63) is 52.0 Å². The fourth-order valence-electron chi connectivity index (χ4n) is 2.67. The van der Waals surface area contributed by atoms with E-state index >= 15 is 0 Å². The number of benzene rings is 1. The zero-order valence-corrected chi connectivity index (χ0v) is 16.6. The molecule has 0 amide bonds. The highest BCUT2D eigenvalue weighted by Crippen LogP contribution is 2.22. The van der Waals surface area contributed by atoms with Gasteiger partial charge in [-0.25, -0.2) is 4.98 Å². The minimum absolute atomic E-state index is 0.121. The molecule has 0 radical (unpaired) electrons. The quantitative estimate of drug-likeness (QED) is 0.557. The maximum absolute atomic E-state index is 4.79. The van der Waals surface area contributed by atoms with E-state index in [9.17, 15) is 0 Å². The predicted molar refractivity (Wildman–Crippen MR) is 108 cm³/mol. The molecule has 0 aliphatic carbocycles. The molecule has 4 nitrogen and oxygen atoms in total. The fourth-order valence-corrected chi connectivity index (χ4v) is 3.32. The molecule has 0 bridgehead atoms. The van der Waals surface area contributed by atoms with Crippen LogP contribution in [0, 0.1) is 12.3 Å². The first-order chi connectivity index (χ1) is 12.0. The van der Waals surface area contributed by atoms with Gasteiger partial charge in [-0.05, 0) is 31.2 Å². The summed E-state index contributed by atoms with van der Waals surface area (Å²) in [6, 6.07) is 10.6. The maximum Gasteiger partial charge on any atom is 0.191 e. The van der Waals surface area contributed by atoms with Crippen molar-refractivity contribution >= 4 is 17.3 Å². The monoisotopic (exact) mass is 358 g/mol. The lowest BCUT2D eigenvalue weighted by atomic mass is 9.86. The van der Waals surface area contributed by atoms with Crippen molar-refractivity contribution in [2.24, 2.45) is 10.4 Å². The molecule has 1 aromatic carbocycles. The number of rotatable bonds is 8. The van der Waals surface area contributed by atoms with Gasteiger partial charge in [-0.1, -0.05) is 44.2 Å². The lowest BCUT2D eigenvalue weighted by Crippen LogP contribution is -2.39. The van der Waals surface area contributed by atoms with Crippen molar-refractivity contribution in [1.29, 1.82) is 0 Å². The van der Waals surface area contributed by atoms with Crippen molar-refractivity contribution < 1.29 is 0 Å². The molecule has 136 valence electrons. The number of hydrogen-bond donors (Lipinski definition) is 2. The summed E-state index contributed by atoms with van der Waals surface area (Å²) in [5, 5.41) is 10.0. The van der Waals surface area contributed by atoms with Crippen molar-refractivity contribution in [1.82, 2.24) is 15.6 Å². The van der Waals surface area contributed by atoms with E-state index in [0.29, 0.717) is 0 Å². The number of nitrogens with one attached hydrogen (secondary N) is 2. The van der Waals surface area contributed by atoms with E-state index in [1.165, 1.54) is 5.56 Å². The summed E-state index contributed by atoms with van der Waals surface area (Å²) in [6.07, 6.45) is 1.94. The standard InChI is InChI=1S/C20H30N4S/c1-5-21-19(22-12-11-18-14-25-16(2)24-18)23-15-20(3,4)13-17-9-7-6-8-10-17/h6-10,14H,5,11-13,15H2,1-4H3,(H2,21,22,23). The van der Waals surface area contributed by atoms with Gasteiger partial charge in [0.15, 0.2) is 5.96 Å². The Labute approximate surface area is 155 Å². The molecule has 1 heterocycles. The Bertz CT molecular complexity index is 661. The Kier molecular flexibility index (Phi) is 7.44. The van der Waals surface area contributed by atoms with Gasteiger partial charge in [0.05, 0.1) is 10.7 Å². The molecule has 0 aliphatic heterocycles. The van der Waals surface area contributed by atoms with Gasteiger partial charge >= 0.3 is 0 Å². The number of aromatic nitrogens is 1. The summed E-state index contributed by atoms with van der Waals surface area (Å²) in [5.74, 6) is 0.885. The summed E-state index contributed by atoms with van der Waals surface area (Å²) >= 11 is 1.70. The van der Waals surface area contributed by atoms with Gasteiger partial charge in [0, 0.05) is 31.4 Å². The van der Waals surface area contributed by atoms with Crippen molar-refractivity contribution in [2.45, 2.75) is 40.5 Å². The average Bonchev–Trinajstić information content (AvgIpc) is 2.98. The van der Waals surface area contributed by atoms with Gasteiger partial charge in [0.25, 0.3) is 0 Å². The molecule has 0 fully saturated rings. The van der Waals surface area contributed by atoms with E-state index in [2.05, 4.69) is 72.1 Å². The van der Waals surface area contributed by atoms with Gasteiger partial charge in [-0.3, -0.25) is 4.99 Å². The first-order valence-corrected chi connectivity index (χ1v) is 9.83.